The van der Waals surface area contributed by atoms with Crippen LogP contribution in [0.1, 0.15) is 67.7 Å². The van der Waals surface area contributed by atoms with Crippen molar-refractivity contribution < 1.29 is 9.59 Å². The Kier molecular flexibility index (Phi) is 12.1. The van der Waals surface area contributed by atoms with Gasteiger partial charge in [0.1, 0.15) is 0 Å². The lowest BCUT2D eigenvalue weighted by molar-refractivity contribution is 0.0652. The standard InChI is InChI=1S/C23H37N5O2.HI/c1-17(2)27(18(3)4)16-10-14-26-23(24-5)25-13-8-9-15-28-21(29)19-11-6-7-12-20(19)22(28)30;/h6-7,11-12,17-18H,8-10,13-16H2,1-5H3,(H2,24,25,26);1H. The van der Waals surface area contributed by atoms with Gasteiger partial charge in [-0.1, -0.05) is 12.1 Å². The highest BCUT2D eigenvalue weighted by Gasteiger charge is 2.34. The molecular formula is C23H38IN5O2. The lowest BCUT2D eigenvalue weighted by atomic mass is 10.1. The van der Waals surface area contributed by atoms with Gasteiger partial charge in [-0.15, -0.1) is 24.0 Å². The van der Waals surface area contributed by atoms with Crippen LogP contribution < -0.4 is 10.6 Å². The SMILES string of the molecule is CN=C(NCCCCN1C(=O)c2ccccc2C1=O)NCCCN(C(C)C)C(C)C.I. The molecule has 7 nitrogen and oxygen atoms in total. The summed E-state index contributed by atoms with van der Waals surface area (Å²) in [6, 6.07) is 8.11. The molecule has 0 aromatic heterocycles. The van der Waals surface area contributed by atoms with Gasteiger partial charge in [0.2, 0.25) is 0 Å². The van der Waals surface area contributed by atoms with E-state index in [1.54, 1.807) is 31.3 Å². The number of rotatable bonds is 11. The number of amides is 2. The van der Waals surface area contributed by atoms with Crippen molar-refractivity contribution in [2.24, 2.45) is 4.99 Å². The average molecular weight is 543 g/mol. The summed E-state index contributed by atoms with van der Waals surface area (Å²) in [5, 5.41) is 6.66. The normalized spacial score (nSPS) is 13.8. The fourth-order valence-corrected chi connectivity index (χ4v) is 3.85. The van der Waals surface area contributed by atoms with Crippen LogP contribution in [0.3, 0.4) is 0 Å². The van der Waals surface area contributed by atoms with E-state index in [0.29, 0.717) is 29.8 Å². The molecule has 0 atom stereocenters. The number of aliphatic imine (C=N–C) groups is 1. The van der Waals surface area contributed by atoms with Crippen LogP contribution in [0.15, 0.2) is 29.3 Å². The smallest absolute Gasteiger partial charge is 0.261 e. The minimum atomic E-state index is -0.183. The number of hydrogen-bond acceptors (Lipinski definition) is 4. The monoisotopic (exact) mass is 543 g/mol. The predicted octanol–water partition coefficient (Wildman–Crippen LogP) is 3.35. The van der Waals surface area contributed by atoms with Gasteiger partial charge in [0, 0.05) is 45.3 Å². The zero-order valence-corrected chi connectivity index (χ0v) is 21.8. The predicted molar refractivity (Wildman–Crippen MR) is 137 cm³/mol. The quantitative estimate of drug-likeness (QED) is 0.147. The van der Waals surface area contributed by atoms with Gasteiger partial charge in [0.15, 0.2) is 5.96 Å². The van der Waals surface area contributed by atoms with Crippen LogP contribution >= 0.6 is 24.0 Å². The van der Waals surface area contributed by atoms with E-state index in [0.717, 1.165) is 44.9 Å². The maximum Gasteiger partial charge on any atom is 0.261 e. The van der Waals surface area contributed by atoms with E-state index < -0.39 is 0 Å². The van der Waals surface area contributed by atoms with Gasteiger partial charge in [0.05, 0.1) is 11.1 Å². The highest BCUT2D eigenvalue weighted by atomic mass is 127. The molecule has 174 valence electrons. The molecule has 0 spiro atoms. The number of halogens is 1. The molecule has 2 rings (SSSR count). The Morgan fingerprint density at radius 3 is 1.94 bits per heavy atom. The van der Waals surface area contributed by atoms with Gasteiger partial charge in [0.25, 0.3) is 11.8 Å². The van der Waals surface area contributed by atoms with E-state index in [1.165, 1.54) is 4.90 Å². The highest BCUT2D eigenvalue weighted by Crippen LogP contribution is 2.22. The third-order valence-corrected chi connectivity index (χ3v) is 5.41. The van der Waals surface area contributed by atoms with Crippen molar-refractivity contribution in [3.8, 4) is 0 Å². The summed E-state index contributed by atoms with van der Waals surface area (Å²) in [5.41, 5.74) is 1.03. The van der Waals surface area contributed by atoms with Crippen LogP contribution in [0.5, 0.6) is 0 Å². The molecule has 1 heterocycles. The minimum absolute atomic E-state index is 0. The average Bonchev–Trinajstić information content (AvgIpc) is 2.96. The maximum atomic E-state index is 12.4. The van der Waals surface area contributed by atoms with Crippen LogP contribution in [0, 0.1) is 0 Å². The Labute approximate surface area is 204 Å². The molecule has 0 radical (unpaired) electrons. The van der Waals surface area contributed by atoms with Gasteiger partial charge in [-0.2, -0.15) is 0 Å². The zero-order valence-electron chi connectivity index (χ0n) is 19.5. The number of carbonyl (C=O) groups is 2. The largest absolute Gasteiger partial charge is 0.356 e. The van der Waals surface area contributed by atoms with Crippen molar-refractivity contribution in [2.45, 2.75) is 59.0 Å². The van der Waals surface area contributed by atoms with E-state index >= 15 is 0 Å². The van der Waals surface area contributed by atoms with E-state index in [9.17, 15) is 9.59 Å². The first-order chi connectivity index (χ1) is 14.4. The second kappa shape index (κ2) is 13.7. The number of nitrogens with zero attached hydrogens (tertiary/aromatic N) is 3. The second-order valence-corrected chi connectivity index (χ2v) is 8.22. The van der Waals surface area contributed by atoms with Crippen LogP contribution in [-0.4, -0.2) is 72.9 Å². The van der Waals surface area contributed by atoms with Gasteiger partial charge in [-0.25, -0.2) is 0 Å². The van der Waals surface area contributed by atoms with Crippen molar-refractivity contribution in [3.63, 3.8) is 0 Å². The van der Waals surface area contributed by atoms with E-state index in [-0.39, 0.29) is 35.8 Å². The molecule has 2 amide bonds. The molecular weight excluding hydrogens is 505 g/mol. The van der Waals surface area contributed by atoms with Crippen LogP contribution in [0.4, 0.5) is 0 Å². The number of guanidine groups is 1. The summed E-state index contributed by atoms with van der Waals surface area (Å²) in [5.74, 6) is 0.423. The van der Waals surface area contributed by atoms with E-state index in [2.05, 4.69) is 48.2 Å². The second-order valence-electron chi connectivity index (χ2n) is 8.22. The van der Waals surface area contributed by atoms with Gasteiger partial charge < -0.3 is 10.6 Å². The van der Waals surface area contributed by atoms with Crippen molar-refractivity contribution in [1.82, 2.24) is 20.4 Å². The summed E-state index contributed by atoms with van der Waals surface area (Å²) < 4.78 is 0. The van der Waals surface area contributed by atoms with Gasteiger partial charge in [-0.3, -0.25) is 24.4 Å². The third-order valence-electron chi connectivity index (χ3n) is 5.41. The van der Waals surface area contributed by atoms with Crippen LogP contribution in [0.2, 0.25) is 0 Å². The number of imide groups is 1. The third kappa shape index (κ3) is 7.75. The fraction of sp³-hybridized carbons (Fsp3) is 0.609. The summed E-state index contributed by atoms with van der Waals surface area (Å²) in [4.78, 5) is 32.8. The molecule has 2 N–H and O–H groups in total. The van der Waals surface area contributed by atoms with Crippen molar-refractivity contribution in [3.05, 3.63) is 35.4 Å². The number of carbonyl (C=O) groups excluding carboxylic acids is 2. The van der Waals surface area contributed by atoms with Crippen LogP contribution in [-0.2, 0) is 0 Å². The molecule has 1 aromatic rings. The van der Waals surface area contributed by atoms with E-state index in [1.807, 2.05) is 0 Å². The molecule has 1 aliphatic rings. The molecule has 0 saturated carbocycles. The Balaban J connectivity index is 0.00000480. The summed E-state index contributed by atoms with van der Waals surface area (Å²) in [7, 11) is 1.77. The molecule has 1 aromatic carbocycles. The zero-order chi connectivity index (χ0) is 22.1. The first-order valence-corrected chi connectivity index (χ1v) is 11.0. The summed E-state index contributed by atoms with van der Waals surface area (Å²) in [6.07, 6.45) is 2.66. The topological polar surface area (TPSA) is 77.0 Å². The summed E-state index contributed by atoms with van der Waals surface area (Å²) in [6.45, 7) is 12.0. The first kappa shape index (κ1) is 27.4. The highest BCUT2D eigenvalue weighted by molar-refractivity contribution is 14.0. The van der Waals surface area contributed by atoms with Gasteiger partial charge >= 0.3 is 0 Å². The van der Waals surface area contributed by atoms with Crippen LogP contribution in [0.25, 0.3) is 0 Å². The first-order valence-electron chi connectivity index (χ1n) is 11.0. The molecule has 0 unspecified atom stereocenters. The molecule has 31 heavy (non-hydrogen) atoms. The Bertz CT molecular complexity index is 708. The van der Waals surface area contributed by atoms with E-state index in [4.69, 9.17) is 0 Å². The molecule has 0 aliphatic carbocycles. The maximum absolute atomic E-state index is 12.4. The number of nitrogens with one attached hydrogen (secondary N) is 2. The van der Waals surface area contributed by atoms with Crippen molar-refractivity contribution >= 4 is 41.8 Å². The van der Waals surface area contributed by atoms with Crippen molar-refractivity contribution in [1.29, 1.82) is 0 Å². The van der Waals surface area contributed by atoms with Crippen molar-refractivity contribution in [2.75, 3.05) is 33.2 Å². The number of hydrogen-bond donors (Lipinski definition) is 2. The number of benzene rings is 1. The molecule has 0 bridgehead atoms. The fourth-order valence-electron chi connectivity index (χ4n) is 3.85. The molecule has 1 aliphatic heterocycles. The number of unbranched alkanes of at least 4 members (excludes halogenated alkanes) is 1. The Morgan fingerprint density at radius 1 is 0.935 bits per heavy atom. The Hall–Kier alpha value is -1.68. The number of fused-ring (bicyclic) bond motifs is 1. The lowest BCUT2D eigenvalue weighted by Gasteiger charge is -2.30. The minimum Gasteiger partial charge on any atom is -0.356 e. The van der Waals surface area contributed by atoms with Gasteiger partial charge in [-0.05, 0) is 59.1 Å². The lowest BCUT2D eigenvalue weighted by Crippen LogP contribution is -2.41. The Morgan fingerprint density at radius 2 is 1.45 bits per heavy atom. The molecule has 0 saturated heterocycles. The summed E-state index contributed by atoms with van der Waals surface area (Å²) >= 11 is 0. The molecule has 0 fully saturated rings. The molecule has 8 heteroatoms.